The maximum absolute atomic E-state index is 12.3. The van der Waals surface area contributed by atoms with E-state index >= 15 is 0 Å². The molecule has 0 aliphatic carbocycles. The normalized spacial score (nSPS) is 11.3. The van der Waals surface area contributed by atoms with Crippen LogP contribution < -0.4 is 14.8 Å². The molecule has 1 atom stereocenters. The fraction of sp³-hybridized carbons (Fsp3) is 0.263. The second-order valence-electron chi connectivity index (χ2n) is 5.86. The van der Waals surface area contributed by atoms with Gasteiger partial charge in [-0.05, 0) is 43.7 Å². The number of aryl methyl sites for hydroxylation is 1. The molecular formula is C19H20N2O7. The summed E-state index contributed by atoms with van der Waals surface area (Å²) in [6.45, 7) is 3.19. The number of methoxy groups -OCH3 is 2. The molecule has 0 bridgehead atoms. The van der Waals surface area contributed by atoms with E-state index in [0.717, 1.165) is 5.56 Å². The Morgan fingerprint density at radius 1 is 1.11 bits per heavy atom. The van der Waals surface area contributed by atoms with Gasteiger partial charge in [-0.15, -0.1) is 0 Å². The third kappa shape index (κ3) is 4.76. The lowest BCUT2D eigenvalue weighted by Gasteiger charge is -2.14. The molecule has 2 rings (SSSR count). The standard InChI is InChI=1S/C19H20N2O7/c1-11-5-6-13(9-17(11)27-4)19(23)28-12(2)18(22)20-15-8-7-14(26-3)10-16(15)21(24)25/h5-10,12H,1-4H3,(H,20,22). The number of ether oxygens (including phenoxy) is 3. The van der Waals surface area contributed by atoms with Crippen LogP contribution in [0.1, 0.15) is 22.8 Å². The predicted octanol–water partition coefficient (Wildman–Crippen LogP) is 3.10. The largest absolute Gasteiger partial charge is 0.496 e. The van der Waals surface area contributed by atoms with Gasteiger partial charge < -0.3 is 19.5 Å². The summed E-state index contributed by atoms with van der Waals surface area (Å²) in [5.41, 5.74) is 0.694. The number of nitro groups is 1. The van der Waals surface area contributed by atoms with Crippen molar-refractivity contribution in [3.8, 4) is 11.5 Å². The highest BCUT2D eigenvalue weighted by Crippen LogP contribution is 2.29. The van der Waals surface area contributed by atoms with Crippen molar-refractivity contribution in [2.75, 3.05) is 19.5 Å². The number of esters is 1. The molecule has 28 heavy (non-hydrogen) atoms. The molecule has 0 radical (unpaired) electrons. The van der Waals surface area contributed by atoms with Crippen LogP contribution in [0.2, 0.25) is 0 Å². The van der Waals surface area contributed by atoms with Crippen LogP contribution in [0.15, 0.2) is 36.4 Å². The number of carbonyl (C=O) groups excluding carboxylic acids is 2. The van der Waals surface area contributed by atoms with E-state index in [0.29, 0.717) is 5.75 Å². The van der Waals surface area contributed by atoms with Gasteiger partial charge in [0.05, 0.1) is 30.8 Å². The van der Waals surface area contributed by atoms with Crippen molar-refractivity contribution in [1.82, 2.24) is 0 Å². The molecule has 2 aromatic rings. The number of nitro benzene ring substituents is 1. The molecule has 0 spiro atoms. The molecule has 9 heteroatoms. The fourth-order valence-corrected chi connectivity index (χ4v) is 2.36. The molecule has 0 saturated carbocycles. The summed E-state index contributed by atoms with van der Waals surface area (Å²) >= 11 is 0. The minimum atomic E-state index is -1.18. The van der Waals surface area contributed by atoms with Gasteiger partial charge in [-0.2, -0.15) is 0 Å². The number of nitrogens with one attached hydrogen (secondary N) is 1. The molecular weight excluding hydrogens is 368 g/mol. The second kappa shape index (κ2) is 8.85. The topological polar surface area (TPSA) is 117 Å². The van der Waals surface area contributed by atoms with Crippen LogP contribution in [0.25, 0.3) is 0 Å². The third-order valence-electron chi connectivity index (χ3n) is 3.96. The average molecular weight is 388 g/mol. The number of rotatable bonds is 7. The number of nitrogens with zero attached hydrogens (tertiary/aromatic N) is 1. The van der Waals surface area contributed by atoms with Gasteiger partial charge in [-0.25, -0.2) is 4.79 Å². The van der Waals surface area contributed by atoms with E-state index in [1.54, 1.807) is 12.1 Å². The van der Waals surface area contributed by atoms with Crippen molar-refractivity contribution in [2.45, 2.75) is 20.0 Å². The highest BCUT2D eigenvalue weighted by atomic mass is 16.6. The van der Waals surface area contributed by atoms with Crippen LogP contribution in [0.4, 0.5) is 11.4 Å². The first-order chi connectivity index (χ1) is 13.3. The summed E-state index contributed by atoms with van der Waals surface area (Å²) in [7, 11) is 2.86. The van der Waals surface area contributed by atoms with Gasteiger partial charge in [0.2, 0.25) is 0 Å². The molecule has 1 N–H and O–H groups in total. The quantitative estimate of drug-likeness (QED) is 0.440. The minimum absolute atomic E-state index is 0.0318. The van der Waals surface area contributed by atoms with Crippen LogP contribution >= 0.6 is 0 Å². The SMILES string of the molecule is COc1ccc(NC(=O)C(C)OC(=O)c2ccc(C)c(OC)c2)c([N+](=O)[O-])c1. The monoisotopic (exact) mass is 388 g/mol. The van der Waals surface area contributed by atoms with Crippen molar-refractivity contribution >= 4 is 23.3 Å². The van der Waals surface area contributed by atoms with Crippen LogP contribution in [-0.4, -0.2) is 37.1 Å². The van der Waals surface area contributed by atoms with E-state index in [2.05, 4.69) is 5.32 Å². The van der Waals surface area contributed by atoms with Gasteiger partial charge in [-0.1, -0.05) is 6.07 Å². The Kier molecular flexibility index (Phi) is 6.54. The molecule has 9 nitrogen and oxygen atoms in total. The molecule has 0 aliphatic rings. The minimum Gasteiger partial charge on any atom is -0.496 e. The van der Waals surface area contributed by atoms with E-state index in [1.807, 2.05) is 6.92 Å². The predicted molar refractivity (Wildman–Crippen MR) is 101 cm³/mol. The first kappa shape index (κ1) is 20.7. The van der Waals surface area contributed by atoms with Gasteiger partial charge in [0.25, 0.3) is 11.6 Å². The number of anilines is 1. The number of amides is 1. The zero-order valence-electron chi connectivity index (χ0n) is 15.8. The zero-order chi connectivity index (χ0) is 20.8. The molecule has 1 amide bonds. The maximum Gasteiger partial charge on any atom is 0.339 e. The summed E-state index contributed by atoms with van der Waals surface area (Å²) in [4.78, 5) is 35.1. The fourth-order valence-electron chi connectivity index (χ4n) is 2.36. The summed E-state index contributed by atoms with van der Waals surface area (Å²) in [5, 5.41) is 13.6. The van der Waals surface area contributed by atoms with Gasteiger partial charge in [0.15, 0.2) is 6.10 Å². The Bertz CT molecular complexity index is 911. The van der Waals surface area contributed by atoms with Gasteiger partial charge in [0.1, 0.15) is 17.2 Å². The van der Waals surface area contributed by atoms with Gasteiger partial charge >= 0.3 is 5.97 Å². The molecule has 148 valence electrons. The molecule has 1 unspecified atom stereocenters. The molecule has 0 heterocycles. The Hall–Kier alpha value is -3.62. The lowest BCUT2D eigenvalue weighted by Crippen LogP contribution is -2.30. The van der Waals surface area contributed by atoms with E-state index < -0.39 is 22.9 Å². The molecule has 0 aromatic heterocycles. The number of carbonyl (C=O) groups is 2. The molecule has 0 aliphatic heterocycles. The number of hydrogen-bond donors (Lipinski definition) is 1. The van der Waals surface area contributed by atoms with Gasteiger partial charge in [-0.3, -0.25) is 14.9 Å². The average Bonchev–Trinajstić information content (AvgIpc) is 2.68. The van der Waals surface area contributed by atoms with E-state index in [-0.39, 0.29) is 22.7 Å². The van der Waals surface area contributed by atoms with Crippen molar-refractivity contribution in [1.29, 1.82) is 0 Å². The molecule has 0 fully saturated rings. The third-order valence-corrected chi connectivity index (χ3v) is 3.96. The first-order valence-corrected chi connectivity index (χ1v) is 8.25. The Morgan fingerprint density at radius 3 is 2.43 bits per heavy atom. The lowest BCUT2D eigenvalue weighted by atomic mass is 10.1. The summed E-state index contributed by atoms with van der Waals surface area (Å²) in [5.74, 6) is -0.635. The Morgan fingerprint density at radius 2 is 1.82 bits per heavy atom. The highest BCUT2D eigenvalue weighted by molar-refractivity contribution is 5.98. The Balaban J connectivity index is 2.11. The molecule has 2 aromatic carbocycles. The smallest absolute Gasteiger partial charge is 0.339 e. The summed E-state index contributed by atoms with van der Waals surface area (Å²) < 4.78 is 15.3. The Labute approximate surface area is 161 Å². The first-order valence-electron chi connectivity index (χ1n) is 8.25. The van der Waals surface area contributed by atoms with Crippen LogP contribution in [0, 0.1) is 17.0 Å². The number of hydrogen-bond acceptors (Lipinski definition) is 7. The molecule has 0 saturated heterocycles. The van der Waals surface area contributed by atoms with Crippen molar-refractivity contribution in [3.05, 3.63) is 57.6 Å². The van der Waals surface area contributed by atoms with E-state index in [1.165, 1.54) is 45.4 Å². The van der Waals surface area contributed by atoms with Crippen molar-refractivity contribution in [2.24, 2.45) is 0 Å². The van der Waals surface area contributed by atoms with Crippen LogP contribution in [-0.2, 0) is 9.53 Å². The van der Waals surface area contributed by atoms with Gasteiger partial charge in [0, 0.05) is 0 Å². The van der Waals surface area contributed by atoms with E-state index in [4.69, 9.17) is 14.2 Å². The van der Waals surface area contributed by atoms with Crippen LogP contribution in [0.3, 0.4) is 0 Å². The van der Waals surface area contributed by atoms with Crippen molar-refractivity contribution in [3.63, 3.8) is 0 Å². The van der Waals surface area contributed by atoms with Crippen molar-refractivity contribution < 1.29 is 28.7 Å². The maximum atomic E-state index is 12.3. The number of benzene rings is 2. The summed E-state index contributed by atoms with van der Waals surface area (Å²) in [6, 6.07) is 8.76. The highest BCUT2D eigenvalue weighted by Gasteiger charge is 2.23. The van der Waals surface area contributed by atoms with Crippen LogP contribution in [0.5, 0.6) is 11.5 Å². The lowest BCUT2D eigenvalue weighted by molar-refractivity contribution is -0.384. The zero-order valence-corrected chi connectivity index (χ0v) is 15.8. The second-order valence-corrected chi connectivity index (χ2v) is 5.86. The summed E-state index contributed by atoms with van der Waals surface area (Å²) in [6.07, 6.45) is -1.18. The van der Waals surface area contributed by atoms with E-state index in [9.17, 15) is 19.7 Å².